The van der Waals surface area contributed by atoms with Gasteiger partial charge >= 0.3 is 5.91 Å². The molecule has 1 aliphatic rings. The normalized spacial score (nSPS) is 17.4. The predicted octanol–water partition coefficient (Wildman–Crippen LogP) is 3.92. The number of aromatic nitrogens is 1. The second-order valence-corrected chi connectivity index (χ2v) is 7.27. The van der Waals surface area contributed by atoms with Crippen molar-refractivity contribution in [3.05, 3.63) is 87.2 Å². The largest absolute Gasteiger partial charge is 0.507 e. The number of nitrogens with zero attached hydrogens (tertiary/aromatic N) is 3. The van der Waals surface area contributed by atoms with Gasteiger partial charge in [0.15, 0.2) is 5.82 Å². The van der Waals surface area contributed by atoms with Crippen LogP contribution in [0.2, 0.25) is 0 Å². The monoisotopic (exact) mass is 449 g/mol. The van der Waals surface area contributed by atoms with Gasteiger partial charge in [-0.25, -0.2) is 0 Å². The van der Waals surface area contributed by atoms with E-state index in [0.29, 0.717) is 29.2 Å². The number of carbonyl (C=O) groups is 2. The van der Waals surface area contributed by atoms with Crippen LogP contribution in [0.1, 0.15) is 29.9 Å². The fourth-order valence-corrected chi connectivity index (χ4v) is 3.66. The molecule has 1 amide bonds. The fourth-order valence-electron chi connectivity index (χ4n) is 3.66. The predicted molar refractivity (Wildman–Crippen MR) is 117 cm³/mol. The Morgan fingerprint density at radius 2 is 1.85 bits per heavy atom. The fraction of sp³-hybridized carbons (Fsp3) is 0.174. The number of ether oxygens (including phenoxy) is 1. The van der Waals surface area contributed by atoms with Crippen molar-refractivity contribution in [2.24, 2.45) is 0 Å². The highest BCUT2D eigenvalue weighted by atomic mass is 16.6. The number of benzene rings is 2. The molecule has 0 radical (unpaired) electrons. The number of nitro groups is 1. The molecule has 1 atom stereocenters. The summed E-state index contributed by atoms with van der Waals surface area (Å²) in [6.07, 6.45) is 0. The zero-order chi connectivity index (χ0) is 23.7. The Morgan fingerprint density at radius 3 is 2.39 bits per heavy atom. The van der Waals surface area contributed by atoms with Gasteiger partial charge in [-0.15, -0.1) is 0 Å². The minimum atomic E-state index is -1.07. The molecule has 10 heteroatoms. The molecular weight excluding hydrogens is 430 g/mol. The molecular formula is C23H19N3O7. The van der Waals surface area contributed by atoms with E-state index in [2.05, 4.69) is 5.16 Å². The lowest BCUT2D eigenvalue weighted by molar-refractivity contribution is -0.384. The maximum absolute atomic E-state index is 13.0. The average Bonchev–Trinajstić information content (AvgIpc) is 3.34. The van der Waals surface area contributed by atoms with Gasteiger partial charge < -0.3 is 14.4 Å². The third kappa shape index (κ3) is 3.93. The molecule has 33 heavy (non-hydrogen) atoms. The molecule has 1 aromatic heterocycles. The van der Waals surface area contributed by atoms with Crippen molar-refractivity contribution in [3.8, 4) is 5.75 Å². The third-order valence-electron chi connectivity index (χ3n) is 5.17. The van der Waals surface area contributed by atoms with Crippen LogP contribution < -0.4 is 9.64 Å². The van der Waals surface area contributed by atoms with Crippen molar-refractivity contribution < 1.29 is 28.9 Å². The summed E-state index contributed by atoms with van der Waals surface area (Å²) < 4.78 is 10.5. The van der Waals surface area contributed by atoms with Crippen molar-refractivity contribution in [3.63, 3.8) is 0 Å². The molecule has 0 spiro atoms. The molecule has 0 aliphatic carbocycles. The quantitative estimate of drug-likeness (QED) is 0.197. The van der Waals surface area contributed by atoms with E-state index < -0.39 is 22.7 Å². The Morgan fingerprint density at radius 1 is 1.18 bits per heavy atom. The molecule has 3 aromatic rings. The Bertz CT molecular complexity index is 1260. The van der Waals surface area contributed by atoms with Gasteiger partial charge in [0.1, 0.15) is 17.3 Å². The summed E-state index contributed by atoms with van der Waals surface area (Å²) in [6.45, 7) is 3.94. The molecule has 1 fully saturated rings. The molecule has 1 saturated heterocycles. The number of aliphatic hydroxyl groups is 1. The number of rotatable bonds is 6. The number of hydrogen-bond acceptors (Lipinski definition) is 8. The van der Waals surface area contributed by atoms with Gasteiger partial charge in [0, 0.05) is 23.8 Å². The van der Waals surface area contributed by atoms with Crippen LogP contribution >= 0.6 is 0 Å². The summed E-state index contributed by atoms with van der Waals surface area (Å²) in [5, 5.41) is 26.0. The Balaban J connectivity index is 1.87. The van der Waals surface area contributed by atoms with E-state index in [1.165, 1.54) is 30.3 Å². The van der Waals surface area contributed by atoms with Gasteiger partial charge in [0.25, 0.3) is 11.5 Å². The minimum absolute atomic E-state index is 0.0868. The first-order valence-electron chi connectivity index (χ1n) is 10.0. The summed E-state index contributed by atoms with van der Waals surface area (Å²) in [4.78, 5) is 37.6. The molecule has 0 saturated carbocycles. The van der Waals surface area contributed by atoms with Gasteiger partial charge in [-0.1, -0.05) is 5.16 Å². The first-order valence-corrected chi connectivity index (χ1v) is 10.0. The lowest BCUT2D eigenvalue weighted by atomic mass is 9.95. The van der Waals surface area contributed by atoms with E-state index in [9.17, 15) is 24.8 Å². The minimum Gasteiger partial charge on any atom is -0.507 e. The van der Waals surface area contributed by atoms with Crippen molar-refractivity contribution in [2.45, 2.75) is 19.9 Å². The molecule has 10 nitrogen and oxygen atoms in total. The number of aliphatic hydroxyl groups excluding tert-OH is 1. The number of ketones is 1. The van der Waals surface area contributed by atoms with Crippen LogP contribution in [0.4, 0.5) is 11.5 Å². The van der Waals surface area contributed by atoms with E-state index in [-0.39, 0.29) is 22.8 Å². The molecule has 1 N–H and O–H groups in total. The molecule has 1 aliphatic heterocycles. The SMILES string of the molecule is CCOc1ccc(/C(O)=C2/C(=O)C(=O)N(c3cc(C)on3)C2c2ccc([N+](=O)[O-])cc2)cc1. The maximum atomic E-state index is 13.0. The average molecular weight is 449 g/mol. The van der Waals surface area contributed by atoms with Crippen LogP contribution in [-0.2, 0) is 9.59 Å². The number of hydrogen-bond donors (Lipinski definition) is 1. The summed E-state index contributed by atoms with van der Waals surface area (Å²) in [7, 11) is 0. The van der Waals surface area contributed by atoms with Gasteiger partial charge in [0.05, 0.1) is 23.1 Å². The van der Waals surface area contributed by atoms with Crippen molar-refractivity contribution in [1.82, 2.24) is 5.16 Å². The standard InChI is InChI=1S/C23H19N3O7/c1-3-32-17-10-6-15(7-11-17)21(27)19-20(14-4-8-16(9-5-14)26(30)31)25(23(29)22(19)28)18-12-13(2)33-24-18/h4-12,20,27H,3H2,1-2H3/b21-19-. The molecule has 2 aromatic carbocycles. The highest BCUT2D eigenvalue weighted by Crippen LogP contribution is 2.42. The number of anilines is 1. The van der Waals surface area contributed by atoms with Crippen LogP contribution in [0, 0.1) is 17.0 Å². The van der Waals surface area contributed by atoms with Crippen molar-refractivity contribution in [2.75, 3.05) is 11.5 Å². The first-order chi connectivity index (χ1) is 15.8. The lowest BCUT2D eigenvalue weighted by Crippen LogP contribution is -2.29. The molecule has 1 unspecified atom stereocenters. The lowest BCUT2D eigenvalue weighted by Gasteiger charge is -2.22. The first kappa shape index (κ1) is 21.8. The summed E-state index contributed by atoms with van der Waals surface area (Å²) in [5.74, 6) is -1.11. The van der Waals surface area contributed by atoms with Crippen LogP contribution in [-0.4, -0.2) is 33.5 Å². The smallest absolute Gasteiger partial charge is 0.301 e. The van der Waals surface area contributed by atoms with E-state index in [1.807, 2.05) is 6.92 Å². The van der Waals surface area contributed by atoms with E-state index in [1.54, 1.807) is 31.2 Å². The molecule has 4 rings (SSSR count). The number of Topliss-reactive ketones (excluding diaryl/α,β-unsaturated/α-hetero) is 1. The highest BCUT2D eigenvalue weighted by molar-refractivity contribution is 6.51. The Labute approximate surface area is 187 Å². The molecule has 0 bridgehead atoms. The van der Waals surface area contributed by atoms with Gasteiger partial charge in [-0.05, 0) is 55.8 Å². The van der Waals surface area contributed by atoms with Crippen LogP contribution in [0.5, 0.6) is 5.75 Å². The topological polar surface area (TPSA) is 136 Å². The van der Waals surface area contributed by atoms with Crippen LogP contribution in [0.15, 0.2) is 64.7 Å². The van der Waals surface area contributed by atoms with Gasteiger partial charge in [0.2, 0.25) is 0 Å². The van der Waals surface area contributed by atoms with Crippen LogP contribution in [0.25, 0.3) is 5.76 Å². The number of nitro benzene ring substituents is 1. The van der Waals surface area contributed by atoms with Crippen molar-refractivity contribution in [1.29, 1.82) is 0 Å². The Kier molecular flexibility index (Phi) is 5.65. The maximum Gasteiger partial charge on any atom is 0.301 e. The van der Waals surface area contributed by atoms with Crippen molar-refractivity contribution >= 4 is 29.0 Å². The second-order valence-electron chi connectivity index (χ2n) is 7.27. The highest BCUT2D eigenvalue weighted by Gasteiger charge is 2.48. The third-order valence-corrected chi connectivity index (χ3v) is 5.17. The van der Waals surface area contributed by atoms with Gasteiger partial charge in [-0.2, -0.15) is 0 Å². The number of carbonyl (C=O) groups excluding carboxylic acids is 2. The zero-order valence-corrected chi connectivity index (χ0v) is 17.7. The number of aryl methyl sites for hydroxylation is 1. The zero-order valence-electron chi connectivity index (χ0n) is 17.7. The number of amides is 1. The Hall–Kier alpha value is -4.47. The summed E-state index contributed by atoms with van der Waals surface area (Å²) in [6, 6.07) is 12.2. The summed E-state index contributed by atoms with van der Waals surface area (Å²) >= 11 is 0. The van der Waals surface area contributed by atoms with E-state index in [0.717, 1.165) is 4.90 Å². The summed E-state index contributed by atoms with van der Waals surface area (Å²) in [5.41, 5.74) is 0.366. The van der Waals surface area contributed by atoms with E-state index in [4.69, 9.17) is 9.26 Å². The van der Waals surface area contributed by atoms with E-state index >= 15 is 0 Å². The molecule has 2 heterocycles. The molecule has 168 valence electrons. The second kappa shape index (κ2) is 8.58. The van der Waals surface area contributed by atoms with Crippen LogP contribution in [0.3, 0.4) is 0 Å². The van der Waals surface area contributed by atoms with Gasteiger partial charge in [-0.3, -0.25) is 24.6 Å². The number of non-ortho nitro benzene ring substituents is 1.